The minimum absolute atomic E-state index is 0.116. The highest BCUT2D eigenvalue weighted by Gasteiger charge is 2.33. The van der Waals surface area contributed by atoms with Gasteiger partial charge in [0, 0.05) is 14.1 Å². The Hall–Kier alpha value is -3.61. The number of urea groups is 1. The van der Waals surface area contributed by atoms with E-state index in [0.29, 0.717) is 0 Å². The van der Waals surface area contributed by atoms with Gasteiger partial charge in [-0.05, 0) is 36.3 Å². The van der Waals surface area contributed by atoms with E-state index >= 15 is 0 Å². The van der Waals surface area contributed by atoms with E-state index in [1.807, 2.05) is 49.4 Å². The number of imidazole rings is 1. The number of nitrogens with one attached hydrogen (secondary N) is 1. The Balaban J connectivity index is 1.63. The Labute approximate surface area is 161 Å². The maximum atomic E-state index is 12.7. The van der Waals surface area contributed by atoms with Gasteiger partial charge in [0.2, 0.25) is 0 Å². The largest absolute Gasteiger partial charge is 0.329 e. The van der Waals surface area contributed by atoms with Crippen molar-refractivity contribution in [3.63, 3.8) is 0 Å². The molecule has 0 atom stereocenters. The zero-order valence-electron chi connectivity index (χ0n) is 15.9. The highest BCUT2D eigenvalue weighted by molar-refractivity contribution is 6.14. The molecule has 1 aliphatic rings. The van der Waals surface area contributed by atoms with Gasteiger partial charge in [-0.25, -0.2) is 9.59 Å². The number of amides is 3. The molecule has 0 aliphatic carbocycles. The van der Waals surface area contributed by atoms with Crippen LogP contribution in [0.2, 0.25) is 0 Å². The first-order chi connectivity index (χ1) is 13.3. The lowest BCUT2D eigenvalue weighted by Gasteiger charge is -2.11. The predicted octanol–water partition coefficient (Wildman–Crippen LogP) is 2.28. The molecule has 0 unspecified atom stereocenters. The van der Waals surface area contributed by atoms with E-state index in [9.17, 15) is 14.4 Å². The lowest BCUT2D eigenvalue weighted by atomic mass is 10.1. The molecular formula is C21H20N4O3. The molecule has 28 heavy (non-hydrogen) atoms. The second kappa shape index (κ2) is 6.53. The van der Waals surface area contributed by atoms with Gasteiger partial charge in [0.15, 0.2) is 0 Å². The van der Waals surface area contributed by atoms with Crippen molar-refractivity contribution in [1.29, 1.82) is 0 Å². The van der Waals surface area contributed by atoms with Gasteiger partial charge in [-0.1, -0.05) is 35.9 Å². The number of rotatable bonds is 3. The van der Waals surface area contributed by atoms with E-state index in [-0.39, 0.29) is 23.8 Å². The van der Waals surface area contributed by atoms with Crippen LogP contribution in [0, 0.1) is 6.92 Å². The molecule has 1 aromatic heterocycles. The van der Waals surface area contributed by atoms with Crippen molar-refractivity contribution in [2.75, 3.05) is 0 Å². The molecule has 0 spiro atoms. The Morgan fingerprint density at radius 2 is 1.61 bits per heavy atom. The summed E-state index contributed by atoms with van der Waals surface area (Å²) in [5.41, 5.74) is 4.40. The van der Waals surface area contributed by atoms with Crippen molar-refractivity contribution in [2.45, 2.75) is 13.5 Å². The van der Waals surface area contributed by atoms with Crippen molar-refractivity contribution < 1.29 is 9.59 Å². The Bertz CT molecular complexity index is 1200. The summed E-state index contributed by atoms with van der Waals surface area (Å²) in [7, 11) is 3.42. The molecule has 1 fully saturated rings. The maximum absolute atomic E-state index is 12.7. The number of hydrogen-bond acceptors (Lipinski definition) is 3. The fraction of sp³-hybridized carbons (Fsp3) is 0.190. The molecular weight excluding hydrogens is 356 g/mol. The highest BCUT2D eigenvalue weighted by Crippen LogP contribution is 2.20. The standard InChI is InChI=1S/C21H20N4O3/c1-13-4-6-14(7-5-13)12-25-19(26)16(22-20(25)27)10-15-8-9-17-18(11-15)24(3)21(28)23(17)2/h4-11H,12H2,1-3H3,(H,22,27)/b16-10+. The maximum Gasteiger partial charge on any atom is 0.329 e. The van der Waals surface area contributed by atoms with Gasteiger partial charge >= 0.3 is 11.7 Å². The summed E-state index contributed by atoms with van der Waals surface area (Å²) < 4.78 is 3.12. The number of carbonyl (C=O) groups is 2. The Morgan fingerprint density at radius 3 is 2.32 bits per heavy atom. The zero-order valence-corrected chi connectivity index (χ0v) is 15.9. The van der Waals surface area contributed by atoms with E-state index in [1.54, 1.807) is 29.3 Å². The number of benzene rings is 2. The molecule has 1 aliphatic heterocycles. The first-order valence-corrected chi connectivity index (χ1v) is 8.90. The quantitative estimate of drug-likeness (QED) is 0.563. The van der Waals surface area contributed by atoms with Crippen molar-refractivity contribution in [3.05, 3.63) is 75.3 Å². The molecule has 142 valence electrons. The Kier molecular flexibility index (Phi) is 4.15. The third-order valence-corrected chi connectivity index (χ3v) is 5.03. The molecule has 0 saturated carbocycles. The fourth-order valence-electron chi connectivity index (χ4n) is 3.37. The predicted molar refractivity (Wildman–Crippen MR) is 106 cm³/mol. The molecule has 7 nitrogen and oxygen atoms in total. The van der Waals surface area contributed by atoms with Crippen molar-refractivity contribution in [1.82, 2.24) is 19.4 Å². The fourth-order valence-corrected chi connectivity index (χ4v) is 3.37. The molecule has 2 aromatic carbocycles. The zero-order chi connectivity index (χ0) is 20.0. The number of carbonyl (C=O) groups excluding carboxylic acids is 2. The summed E-state index contributed by atoms with van der Waals surface area (Å²) in [6.45, 7) is 2.20. The first-order valence-electron chi connectivity index (χ1n) is 8.90. The number of imide groups is 1. The summed E-state index contributed by atoms with van der Waals surface area (Å²) in [6.07, 6.45) is 1.63. The van der Waals surface area contributed by atoms with E-state index in [1.165, 1.54) is 4.90 Å². The first kappa shape index (κ1) is 17.8. The van der Waals surface area contributed by atoms with E-state index in [4.69, 9.17) is 0 Å². The molecule has 2 heterocycles. The number of fused-ring (bicyclic) bond motifs is 1. The average Bonchev–Trinajstić information content (AvgIpc) is 3.06. The van der Waals surface area contributed by atoms with Crippen LogP contribution in [0.4, 0.5) is 4.79 Å². The average molecular weight is 376 g/mol. The normalized spacial score (nSPS) is 15.7. The monoisotopic (exact) mass is 376 g/mol. The summed E-state index contributed by atoms with van der Waals surface area (Å²) in [6, 6.07) is 12.7. The Morgan fingerprint density at radius 1 is 0.929 bits per heavy atom. The van der Waals surface area contributed by atoms with Crippen LogP contribution in [0.25, 0.3) is 17.1 Å². The molecule has 0 bridgehead atoms. The van der Waals surface area contributed by atoms with Crippen molar-refractivity contribution in [2.24, 2.45) is 14.1 Å². The summed E-state index contributed by atoms with van der Waals surface area (Å²) in [5.74, 6) is -0.368. The van der Waals surface area contributed by atoms with Gasteiger partial charge in [0.25, 0.3) is 5.91 Å². The molecule has 1 N–H and O–H groups in total. The summed E-state index contributed by atoms with van der Waals surface area (Å²) >= 11 is 0. The third kappa shape index (κ3) is 2.90. The van der Waals surface area contributed by atoms with E-state index in [0.717, 1.165) is 27.7 Å². The lowest BCUT2D eigenvalue weighted by Crippen LogP contribution is -2.30. The van der Waals surface area contributed by atoms with Crippen LogP contribution in [0.15, 0.2) is 53.0 Å². The SMILES string of the molecule is Cc1ccc(CN2C(=O)N/C(=C/c3ccc4c(c3)n(C)c(=O)n4C)C2=O)cc1. The van der Waals surface area contributed by atoms with E-state index in [2.05, 4.69) is 5.32 Å². The second-order valence-corrected chi connectivity index (χ2v) is 7.01. The van der Waals surface area contributed by atoms with Crippen molar-refractivity contribution >= 4 is 29.0 Å². The van der Waals surface area contributed by atoms with Gasteiger partial charge in [0.1, 0.15) is 5.70 Å². The number of nitrogens with zero attached hydrogens (tertiary/aromatic N) is 3. The van der Waals surface area contributed by atoms with Gasteiger partial charge in [-0.2, -0.15) is 0 Å². The van der Waals surface area contributed by atoms with Gasteiger partial charge in [-0.15, -0.1) is 0 Å². The van der Waals surface area contributed by atoms with Crippen molar-refractivity contribution in [3.8, 4) is 0 Å². The van der Waals surface area contributed by atoms with Crippen LogP contribution < -0.4 is 11.0 Å². The summed E-state index contributed by atoms with van der Waals surface area (Å²) in [5, 5.41) is 2.64. The molecule has 0 radical (unpaired) electrons. The smallest absolute Gasteiger partial charge is 0.303 e. The molecule has 7 heteroatoms. The molecule has 3 aromatic rings. The highest BCUT2D eigenvalue weighted by atomic mass is 16.2. The van der Waals surface area contributed by atoms with Crippen LogP contribution in [-0.4, -0.2) is 26.0 Å². The van der Waals surface area contributed by atoms with Crippen LogP contribution in [0.1, 0.15) is 16.7 Å². The van der Waals surface area contributed by atoms with Crippen LogP contribution in [0.5, 0.6) is 0 Å². The minimum Gasteiger partial charge on any atom is -0.303 e. The van der Waals surface area contributed by atoms with Crippen LogP contribution >= 0.6 is 0 Å². The van der Waals surface area contributed by atoms with E-state index < -0.39 is 6.03 Å². The second-order valence-electron chi connectivity index (χ2n) is 7.01. The van der Waals surface area contributed by atoms with Gasteiger partial charge < -0.3 is 5.32 Å². The number of aryl methyl sites for hydroxylation is 3. The topological polar surface area (TPSA) is 76.3 Å². The molecule has 1 saturated heterocycles. The lowest BCUT2D eigenvalue weighted by molar-refractivity contribution is -0.123. The van der Waals surface area contributed by atoms with Gasteiger partial charge in [0.05, 0.1) is 17.6 Å². The van der Waals surface area contributed by atoms with Gasteiger partial charge in [-0.3, -0.25) is 18.8 Å². The molecule has 3 amide bonds. The summed E-state index contributed by atoms with van der Waals surface area (Å²) in [4.78, 5) is 38.2. The molecule has 4 rings (SSSR count). The van der Waals surface area contributed by atoms with Crippen LogP contribution in [0.3, 0.4) is 0 Å². The third-order valence-electron chi connectivity index (χ3n) is 5.03. The van der Waals surface area contributed by atoms with Crippen LogP contribution in [-0.2, 0) is 25.4 Å². The minimum atomic E-state index is -0.440. The number of aromatic nitrogens is 2. The number of hydrogen-bond donors (Lipinski definition) is 1.